The molecule has 0 unspecified atom stereocenters. The zero-order valence-corrected chi connectivity index (χ0v) is 35.3. The zero-order chi connectivity index (χ0) is 42.1. The minimum atomic E-state index is -0.116. The largest absolute Gasteiger partial charge is 0.310 e. The van der Waals surface area contributed by atoms with Crippen molar-refractivity contribution in [2.45, 2.75) is 19.3 Å². The van der Waals surface area contributed by atoms with E-state index in [2.05, 4.69) is 254 Å². The Hall–Kier alpha value is -7.94. The second-order valence-corrected chi connectivity index (χ2v) is 17.3. The van der Waals surface area contributed by atoms with E-state index in [1.165, 1.54) is 82.2 Å². The van der Waals surface area contributed by atoms with Gasteiger partial charge in [-0.15, -0.1) is 0 Å². The van der Waals surface area contributed by atoms with Gasteiger partial charge in [0, 0.05) is 44.3 Å². The maximum absolute atomic E-state index is 2.45. The fraction of sp³-hybridized carbons (Fsp3) is 0.0492. The summed E-state index contributed by atoms with van der Waals surface area (Å²) in [5.74, 6) is 0. The molecule has 12 rings (SSSR count). The molecule has 0 heterocycles. The molecule has 1 aliphatic rings. The molecule has 2 nitrogen and oxygen atoms in total. The smallest absolute Gasteiger partial charge is 0.0618 e. The predicted molar refractivity (Wildman–Crippen MR) is 269 cm³/mol. The van der Waals surface area contributed by atoms with Gasteiger partial charge in [0.15, 0.2) is 0 Å². The quantitative estimate of drug-likeness (QED) is 0.148. The summed E-state index contributed by atoms with van der Waals surface area (Å²) in [6.07, 6.45) is 0. The topological polar surface area (TPSA) is 6.48 Å². The molecule has 0 aliphatic heterocycles. The first-order valence-electron chi connectivity index (χ1n) is 21.9. The van der Waals surface area contributed by atoms with E-state index in [4.69, 9.17) is 0 Å². The summed E-state index contributed by atoms with van der Waals surface area (Å²) in [6, 6.07) is 84.7. The third-order valence-electron chi connectivity index (χ3n) is 13.4. The highest BCUT2D eigenvalue weighted by Crippen LogP contribution is 2.52. The van der Waals surface area contributed by atoms with Crippen LogP contribution in [-0.2, 0) is 5.41 Å². The average molecular weight is 805 g/mol. The van der Waals surface area contributed by atoms with Crippen LogP contribution in [0, 0.1) is 0 Å². The van der Waals surface area contributed by atoms with E-state index in [0.29, 0.717) is 0 Å². The lowest BCUT2D eigenvalue weighted by atomic mass is 9.82. The summed E-state index contributed by atoms with van der Waals surface area (Å²) in [5, 5.41) is 9.71. The summed E-state index contributed by atoms with van der Waals surface area (Å²) in [5.41, 5.74) is 14.5. The van der Waals surface area contributed by atoms with Gasteiger partial charge in [0.25, 0.3) is 0 Å². The van der Waals surface area contributed by atoms with E-state index in [1.54, 1.807) is 0 Å². The minimum Gasteiger partial charge on any atom is -0.310 e. The van der Waals surface area contributed by atoms with Crippen molar-refractivity contribution in [3.63, 3.8) is 0 Å². The van der Waals surface area contributed by atoms with Crippen LogP contribution in [0.4, 0.5) is 34.1 Å². The highest BCUT2D eigenvalue weighted by atomic mass is 15.2. The summed E-state index contributed by atoms with van der Waals surface area (Å²) < 4.78 is 0. The average Bonchev–Trinajstić information content (AvgIpc) is 3.57. The molecule has 0 bridgehead atoms. The van der Waals surface area contributed by atoms with Crippen molar-refractivity contribution in [2.24, 2.45) is 0 Å². The fourth-order valence-corrected chi connectivity index (χ4v) is 10.4. The molecule has 0 atom stereocenters. The van der Waals surface area contributed by atoms with Gasteiger partial charge in [-0.05, 0) is 115 Å². The number of hydrogen-bond acceptors (Lipinski definition) is 2. The molecule has 0 aromatic heterocycles. The van der Waals surface area contributed by atoms with Crippen LogP contribution in [0.15, 0.2) is 231 Å². The van der Waals surface area contributed by atoms with Gasteiger partial charge < -0.3 is 9.80 Å². The molecular formula is C61H44N2. The van der Waals surface area contributed by atoms with E-state index >= 15 is 0 Å². The number of rotatable bonds is 7. The van der Waals surface area contributed by atoms with E-state index in [-0.39, 0.29) is 5.41 Å². The molecule has 2 heteroatoms. The molecule has 0 saturated carbocycles. The van der Waals surface area contributed by atoms with Gasteiger partial charge >= 0.3 is 0 Å². The fourth-order valence-electron chi connectivity index (χ4n) is 10.4. The summed E-state index contributed by atoms with van der Waals surface area (Å²) >= 11 is 0. The van der Waals surface area contributed by atoms with Crippen LogP contribution < -0.4 is 9.80 Å². The van der Waals surface area contributed by atoms with Gasteiger partial charge in [-0.2, -0.15) is 0 Å². The highest BCUT2D eigenvalue weighted by molar-refractivity contribution is 6.22. The van der Waals surface area contributed by atoms with Gasteiger partial charge in [0.05, 0.1) is 11.4 Å². The molecule has 0 spiro atoms. The van der Waals surface area contributed by atoms with Crippen LogP contribution >= 0.6 is 0 Å². The Morgan fingerprint density at radius 2 is 0.841 bits per heavy atom. The number of para-hydroxylation sites is 1. The van der Waals surface area contributed by atoms with Crippen molar-refractivity contribution in [1.82, 2.24) is 0 Å². The normalized spacial score (nSPS) is 12.7. The number of hydrogen-bond donors (Lipinski definition) is 0. The third kappa shape index (κ3) is 5.94. The van der Waals surface area contributed by atoms with Crippen LogP contribution in [0.3, 0.4) is 0 Å². The lowest BCUT2D eigenvalue weighted by Crippen LogP contribution is -2.16. The summed E-state index contributed by atoms with van der Waals surface area (Å²) in [4.78, 5) is 4.90. The van der Waals surface area contributed by atoms with Gasteiger partial charge in [-0.3, -0.25) is 0 Å². The lowest BCUT2D eigenvalue weighted by Gasteiger charge is -2.30. The molecule has 0 N–H and O–H groups in total. The molecule has 1 aliphatic carbocycles. The van der Waals surface area contributed by atoms with Gasteiger partial charge in [-0.25, -0.2) is 0 Å². The van der Waals surface area contributed by atoms with Crippen LogP contribution in [0.5, 0.6) is 0 Å². The predicted octanol–water partition coefficient (Wildman–Crippen LogP) is 17.2. The number of fused-ring (bicyclic) bond motifs is 7. The Morgan fingerprint density at radius 1 is 0.317 bits per heavy atom. The third-order valence-corrected chi connectivity index (χ3v) is 13.4. The number of benzene rings is 11. The Morgan fingerprint density at radius 3 is 1.59 bits per heavy atom. The van der Waals surface area contributed by atoms with Gasteiger partial charge in [0.1, 0.15) is 0 Å². The van der Waals surface area contributed by atoms with Crippen molar-refractivity contribution in [3.05, 3.63) is 242 Å². The van der Waals surface area contributed by atoms with Crippen LogP contribution in [0.2, 0.25) is 0 Å². The molecule has 11 aromatic carbocycles. The SMILES string of the molecule is CC1(C)c2ccccc2-c2ccc(N(c3ccc(-c4c5ccccc5c(N(c5ccccc5)c5ccc6ccccc6c5)c5ccccc45)cc3)c3cccc4ccccc34)cc21. The van der Waals surface area contributed by atoms with Gasteiger partial charge in [0.2, 0.25) is 0 Å². The van der Waals surface area contributed by atoms with Crippen LogP contribution in [0.1, 0.15) is 25.0 Å². The first-order valence-corrected chi connectivity index (χ1v) is 21.9. The number of anilines is 6. The van der Waals surface area contributed by atoms with Crippen molar-refractivity contribution < 1.29 is 0 Å². The van der Waals surface area contributed by atoms with Crippen LogP contribution in [0.25, 0.3) is 65.3 Å². The van der Waals surface area contributed by atoms with Crippen molar-refractivity contribution in [1.29, 1.82) is 0 Å². The van der Waals surface area contributed by atoms with E-state index < -0.39 is 0 Å². The molecule has 0 fully saturated rings. The Balaban J connectivity index is 1.04. The second-order valence-electron chi connectivity index (χ2n) is 17.3. The Kier molecular flexibility index (Phi) is 8.55. The van der Waals surface area contributed by atoms with E-state index in [1.807, 2.05) is 0 Å². The maximum atomic E-state index is 2.45. The maximum Gasteiger partial charge on any atom is 0.0618 e. The molecule has 63 heavy (non-hydrogen) atoms. The lowest BCUT2D eigenvalue weighted by molar-refractivity contribution is 0.660. The molecule has 0 saturated heterocycles. The van der Waals surface area contributed by atoms with Crippen molar-refractivity contribution in [3.8, 4) is 22.3 Å². The highest BCUT2D eigenvalue weighted by Gasteiger charge is 2.36. The second kappa shape index (κ2) is 14.6. The molecule has 0 radical (unpaired) electrons. The van der Waals surface area contributed by atoms with Crippen molar-refractivity contribution in [2.75, 3.05) is 9.80 Å². The van der Waals surface area contributed by atoms with Crippen LogP contribution in [-0.4, -0.2) is 0 Å². The molecule has 11 aromatic rings. The zero-order valence-electron chi connectivity index (χ0n) is 35.3. The summed E-state index contributed by atoms with van der Waals surface area (Å²) in [7, 11) is 0. The monoisotopic (exact) mass is 804 g/mol. The Labute approximate surface area is 368 Å². The first kappa shape index (κ1) is 36.9. The summed E-state index contributed by atoms with van der Waals surface area (Å²) in [6.45, 7) is 4.72. The molecular weight excluding hydrogens is 761 g/mol. The molecule has 0 amide bonds. The number of nitrogens with zero attached hydrogens (tertiary/aromatic N) is 2. The van der Waals surface area contributed by atoms with Crippen molar-refractivity contribution >= 4 is 77.2 Å². The first-order chi connectivity index (χ1) is 31.0. The van der Waals surface area contributed by atoms with Gasteiger partial charge in [-0.1, -0.05) is 190 Å². The molecule has 298 valence electrons. The van der Waals surface area contributed by atoms with E-state index in [0.717, 1.165) is 28.4 Å². The van der Waals surface area contributed by atoms with E-state index in [9.17, 15) is 0 Å². The minimum absolute atomic E-state index is 0.116. The standard InChI is InChI=1S/C61H44N2/c1-61(2)56-29-15-14-24-50(56)51-38-37-48(40-57(51)61)62(58-30-16-20-42-18-8-9-23-49(42)58)46-34-32-43(33-35-46)59-52-25-10-12-27-54(52)60(55-28-13-11-26-53(55)59)63(45-21-4-3-5-22-45)47-36-31-41-17-6-7-19-44(41)39-47/h3-40H,1-2H3. The Bertz CT molecular complexity index is 3490.